The fourth-order valence-corrected chi connectivity index (χ4v) is 4.67. The molecule has 0 aromatic rings. The smallest absolute Gasteiger partial charge is 0.0835 e. The molecule has 0 heterocycles. The molecule has 2 saturated carbocycles. The summed E-state index contributed by atoms with van der Waals surface area (Å²) >= 11 is 0. The molecule has 0 saturated heterocycles. The molecule has 2 heteroatoms. The van der Waals surface area contributed by atoms with Crippen molar-refractivity contribution in [2.45, 2.75) is 97.1 Å². The van der Waals surface area contributed by atoms with Gasteiger partial charge in [0.25, 0.3) is 0 Å². The van der Waals surface area contributed by atoms with Crippen molar-refractivity contribution in [2.24, 2.45) is 23.0 Å². The quantitative estimate of drug-likeness (QED) is 0.782. The topological polar surface area (TPSA) is 35.2 Å². The second-order valence-electron chi connectivity index (χ2n) is 8.39. The molecule has 2 aliphatic rings. The van der Waals surface area contributed by atoms with Crippen LogP contribution < -0.4 is 5.73 Å². The second kappa shape index (κ2) is 7.00. The molecule has 21 heavy (non-hydrogen) atoms. The molecule has 2 fully saturated rings. The van der Waals surface area contributed by atoms with E-state index in [-0.39, 0.29) is 11.6 Å². The molecule has 0 aliphatic heterocycles. The first-order chi connectivity index (χ1) is 9.92. The fourth-order valence-electron chi connectivity index (χ4n) is 4.67. The first-order valence-electron chi connectivity index (χ1n) is 9.32. The van der Waals surface area contributed by atoms with Crippen molar-refractivity contribution in [2.75, 3.05) is 6.61 Å². The third-order valence-electron chi connectivity index (χ3n) is 6.40. The van der Waals surface area contributed by atoms with E-state index in [1.165, 1.54) is 44.9 Å². The molecule has 0 radical (unpaired) electrons. The average Bonchev–Trinajstić information content (AvgIpc) is 2.49. The fraction of sp³-hybridized carbons (Fsp3) is 1.00. The van der Waals surface area contributed by atoms with Crippen molar-refractivity contribution >= 4 is 0 Å². The van der Waals surface area contributed by atoms with Gasteiger partial charge in [0.2, 0.25) is 0 Å². The normalized spacial score (nSPS) is 33.6. The van der Waals surface area contributed by atoms with Crippen LogP contribution in [-0.4, -0.2) is 18.2 Å². The highest BCUT2D eigenvalue weighted by Gasteiger charge is 2.46. The number of hydrogen-bond donors (Lipinski definition) is 1. The van der Waals surface area contributed by atoms with Gasteiger partial charge in [-0.15, -0.1) is 0 Å². The standard InChI is InChI=1S/C19H37NO/c1-5-15-8-7-9-16(14-15)17(20)19(21-6-2)12-10-18(3,4)11-13-19/h15-17H,5-14,20H2,1-4H3. The van der Waals surface area contributed by atoms with Crippen LogP contribution in [-0.2, 0) is 4.74 Å². The number of rotatable bonds is 5. The molecule has 2 N–H and O–H groups in total. The molecular formula is C19H37NO. The molecule has 0 spiro atoms. The zero-order valence-corrected chi connectivity index (χ0v) is 14.8. The van der Waals surface area contributed by atoms with E-state index in [2.05, 4.69) is 27.7 Å². The van der Waals surface area contributed by atoms with Gasteiger partial charge in [0.1, 0.15) is 0 Å². The molecule has 0 amide bonds. The molecule has 2 rings (SSSR count). The van der Waals surface area contributed by atoms with Crippen LogP contribution in [0.5, 0.6) is 0 Å². The summed E-state index contributed by atoms with van der Waals surface area (Å²) in [4.78, 5) is 0. The molecule has 2 aliphatic carbocycles. The molecule has 0 aromatic heterocycles. The minimum absolute atomic E-state index is 0.0371. The van der Waals surface area contributed by atoms with Crippen LogP contribution in [0.3, 0.4) is 0 Å². The Morgan fingerprint density at radius 3 is 2.33 bits per heavy atom. The van der Waals surface area contributed by atoms with E-state index in [0.29, 0.717) is 11.3 Å². The van der Waals surface area contributed by atoms with Gasteiger partial charge in [-0.25, -0.2) is 0 Å². The van der Waals surface area contributed by atoms with Crippen molar-refractivity contribution < 1.29 is 4.74 Å². The lowest BCUT2D eigenvalue weighted by molar-refractivity contribution is -0.113. The zero-order chi connectivity index (χ0) is 15.5. The van der Waals surface area contributed by atoms with Gasteiger partial charge in [0, 0.05) is 12.6 Å². The number of nitrogens with two attached hydrogens (primary N) is 1. The van der Waals surface area contributed by atoms with Crippen molar-refractivity contribution in [1.82, 2.24) is 0 Å². The van der Waals surface area contributed by atoms with Gasteiger partial charge in [-0.2, -0.15) is 0 Å². The Balaban J connectivity index is 2.06. The van der Waals surface area contributed by atoms with E-state index in [0.717, 1.165) is 25.4 Å². The van der Waals surface area contributed by atoms with Gasteiger partial charge in [-0.3, -0.25) is 0 Å². The van der Waals surface area contributed by atoms with Crippen molar-refractivity contribution in [3.05, 3.63) is 0 Å². The monoisotopic (exact) mass is 295 g/mol. The highest BCUT2D eigenvalue weighted by molar-refractivity contribution is 5.01. The summed E-state index contributed by atoms with van der Waals surface area (Å²) in [6.07, 6.45) is 11.6. The van der Waals surface area contributed by atoms with Gasteiger partial charge in [0.15, 0.2) is 0 Å². The van der Waals surface area contributed by atoms with Crippen LogP contribution in [0, 0.1) is 17.3 Å². The molecule has 3 atom stereocenters. The van der Waals surface area contributed by atoms with Crippen molar-refractivity contribution in [3.63, 3.8) is 0 Å². The van der Waals surface area contributed by atoms with Crippen LogP contribution in [0.25, 0.3) is 0 Å². The number of ether oxygens (including phenoxy) is 1. The highest BCUT2D eigenvalue weighted by atomic mass is 16.5. The molecule has 2 nitrogen and oxygen atoms in total. The highest BCUT2D eigenvalue weighted by Crippen LogP contribution is 2.46. The Hall–Kier alpha value is -0.0800. The maximum Gasteiger partial charge on any atom is 0.0835 e. The Labute approximate surface area is 132 Å². The molecule has 3 unspecified atom stereocenters. The first-order valence-corrected chi connectivity index (χ1v) is 9.32. The maximum atomic E-state index is 6.82. The average molecular weight is 296 g/mol. The van der Waals surface area contributed by atoms with Gasteiger partial charge in [-0.05, 0) is 62.7 Å². The summed E-state index contributed by atoms with van der Waals surface area (Å²) < 4.78 is 6.32. The van der Waals surface area contributed by atoms with E-state index in [9.17, 15) is 0 Å². The van der Waals surface area contributed by atoms with Crippen LogP contribution in [0.15, 0.2) is 0 Å². The summed E-state index contributed by atoms with van der Waals surface area (Å²) in [5, 5.41) is 0. The third kappa shape index (κ3) is 4.01. The predicted molar refractivity (Wildman–Crippen MR) is 90.3 cm³/mol. The van der Waals surface area contributed by atoms with Crippen molar-refractivity contribution in [3.8, 4) is 0 Å². The van der Waals surface area contributed by atoms with Gasteiger partial charge >= 0.3 is 0 Å². The Morgan fingerprint density at radius 2 is 1.76 bits per heavy atom. The van der Waals surface area contributed by atoms with Crippen LogP contribution >= 0.6 is 0 Å². The van der Waals surface area contributed by atoms with E-state index < -0.39 is 0 Å². The summed E-state index contributed by atoms with van der Waals surface area (Å²) in [5.41, 5.74) is 7.26. The maximum absolute atomic E-state index is 6.82. The lowest BCUT2D eigenvalue weighted by Crippen LogP contribution is -2.57. The Kier molecular flexibility index (Phi) is 5.76. The van der Waals surface area contributed by atoms with Gasteiger partial charge < -0.3 is 10.5 Å². The Bertz CT molecular complexity index is 316. The van der Waals surface area contributed by atoms with E-state index in [1.54, 1.807) is 0 Å². The zero-order valence-electron chi connectivity index (χ0n) is 14.8. The molecule has 124 valence electrons. The minimum Gasteiger partial charge on any atom is -0.374 e. The minimum atomic E-state index is -0.0371. The number of hydrogen-bond acceptors (Lipinski definition) is 2. The largest absolute Gasteiger partial charge is 0.374 e. The molecular weight excluding hydrogens is 258 g/mol. The SMILES string of the molecule is CCOC1(C(N)C2CCCC(CC)C2)CCC(C)(C)CC1. The molecule has 0 bridgehead atoms. The first kappa shape index (κ1) is 17.3. The summed E-state index contributed by atoms with van der Waals surface area (Å²) in [6.45, 7) is 10.0. The third-order valence-corrected chi connectivity index (χ3v) is 6.40. The Morgan fingerprint density at radius 1 is 1.10 bits per heavy atom. The lowest BCUT2D eigenvalue weighted by atomic mass is 9.64. The van der Waals surface area contributed by atoms with E-state index >= 15 is 0 Å². The van der Waals surface area contributed by atoms with E-state index in [4.69, 9.17) is 10.5 Å². The molecule has 0 aromatic carbocycles. The van der Waals surface area contributed by atoms with Crippen LogP contribution in [0.2, 0.25) is 0 Å². The van der Waals surface area contributed by atoms with E-state index in [1.807, 2.05) is 0 Å². The van der Waals surface area contributed by atoms with Gasteiger partial charge in [-0.1, -0.05) is 40.0 Å². The summed E-state index contributed by atoms with van der Waals surface area (Å²) in [6, 6.07) is 0.239. The second-order valence-corrected chi connectivity index (χ2v) is 8.39. The van der Waals surface area contributed by atoms with Gasteiger partial charge in [0.05, 0.1) is 5.60 Å². The van der Waals surface area contributed by atoms with Crippen molar-refractivity contribution in [1.29, 1.82) is 0 Å². The summed E-state index contributed by atoms with van der Waals surface area (Å²) in [5.74, 6) is 1.57. The van der Waals surface area contributed by atoms with Crippen LogP contribution in [0.1, 0.15) is 85.5 Å². The summed E-state index contributed by atoms with van der Waals surface area (Å²) in [7, 11) is 0. The lowest BCUT2D eigenvalue weighted by Gasteiger charge is -2.49. The van der Waals surface area contributed by atoms with Crippen LogP contribution in [0.4, 0.5) is 0 Å². The predicted octanol–water partition coefficient (Wildman–Crippen LogP) is 4.91.